The maximum absolute atomic E-state index is 3.55. The summed E-state index contributed by atoms with van der Waals surface area (Å²) < 4.78 is 0. The fourth-order valence-corrected chi connectivity index (χ4v) is 3.65. The molecule has 2 fully saturated rings. The Hall–Kier alpha value is 0.210. The summed E-state index contributed by atoms with van der Waals surface area (Å²) in [6, 6.07) is 0. The molecule has 2 nitrogen and oxygen atoms in total. The Bertz CT molecular complexity index is 244. The summed E-state index contributed by atoms with van der Waals surface area (Å²) in [5.41, 5.74) is 0.502. The molecule has 1 N–H and O–H groups in total. The minimum absolute atomic E-state index is 0. The largest absolute Gasteiger partial charge is 0.316 e. The molecule has 114 valence electrons. The Morgan fingerprint density at radius 1 is 1.05 bits per heavy atom. The van der Waals surface area contributed by atoms with Crippen molar-refractivity contribution >= 4 is 12.4 Å². The Morgan fingerprint density at radius 3 is 2.47 bits per heavy atom. The third-order valence-electron chi connectivity index (χ3n) is 4.96. The minimum atomic E-state index is 0. The first-order chi connectivity index (χ1) is 8.55. The Labute approximate surface area is 126 Å². The maximum atomic E-state index is 3.55. The molecule has 0 aliphatic carbocycles. The first-order valence-corrected chi connectivity index (χ1v) is 7.99. The summed E-state index contributed by atoms with van der Waals surface area (Å²) in [7, 11) is 0. The molecule has 2 heterocycles. The van der Waals surface area contributed by atoms with Crippen LogP contribution in [0.15, 0.2) is 0 Å². The summed E-state index contributed by atoms with van der Waals surface area (Å²) in [6.45, 7) is 13.7. The lowest BCUT2D eigenvalue weighted by molar-refractivity contribution is 0.191. The van der Waals surface area contributed by atoms with Crippen LogP contribution in [0.25, 0.3) is 0 Å². The molecule has 19 heavy (non-hydrogen) atoms. The summed E-state index contributed by atoms with van der Waals surface area (Å²) in [4.78, 5) is 2.74. The Kier molecular flexibility index (Phi) is 7.13. The van der Waals surface area contributed by atoms with Crippen LogP contribution >= 0.6 is 12.4 Å². The van der Waals surface area contributed by atoms with Crippen LogP contribution in [0.5, 0.6) is 0 Å². The van der Waals surface area contributed by atoms with Crippen molar-refractivity contribution in [1.29, 1.82) is 0 Å². The van der Waals surface area contributed by atoms with Gasteiger partial charge in [-0.05, 0) is 75.5 Å². The van der Waals surface area contributed by atoms with Gasteiger partial charge in [-0.1, -0.05) is 20.8 Å². The predicted molar refractivity (Wildman–Crippen MR) is 86.1 cm³/mol. The molecule has 0 spiro atoms. The van der Waals surface area contributed by atoms with E-state index in [9.17, 15) is 0 Å². The third-order valence-corrected chi connectivity index (χ3v) is 4.96. The van der Waals surface area contributed by atoms with Gasteiger partial charge in [-0.15, -0.1) is 12.4 Å². The fourth-order valence-electron chi connectivity index (χ4n) is 3.65. The highest BCUT2D eigenvalue weighted by molar-refractivity contribution is 5.85. The van der Waals surface area contributed by atoms with Crippen LogP contribution in [0.2, 0.25) is 0 Å². The van der Waals surface area contributed by atoms with Gasteiger partial charge in [-0.25, -0.2) is 0 Å². The molecule has 0 aromatic heterocycles. The van der Waals surface area contributed by atoms with E-state index in [0.29, 0.717) is 5.41 Å². The highest BCUT2D eigenvalue weighted by Crippen LogP contribution is 2.34. The molecule has 3 heteroatoms. The van der Waals surface area contributed by atoms with Crippen molar-refractivity contribution in [2.75, 3.05) is 32.7 Å². The smallest absolute Gasteiger partial charge is 0.00218 e. The zero-order valence-corrected chi connectivity index (χ0v) is 13.9. The van der Waals surface area contributed by atoms with E-state index in [1.807, 2.05) is 0 Å². The van der Waals surface area contributed by atoms with E-state index >= 15 is 0 Å². The van der Waals surface area contributed by atoms with Crippen LogP contribution in [0.3, 0.4) is 0 Å². The second-order valence-electron chi connectivity index (χ2n) is 7.51. The molecule has 0 radical (unpaired) electrons. The van der Waals surface area contributed by atoms with Gasteiger partial charge in [0.25, 0.3) is 0 Å². The SMILES string of the molecule is CC(C)(C)C1CCCN(CC2CCCNC2)CC1.Cl. The topological polar surface area (TPSA) is 15.3 Å². The van der Waals surface area contributed by atoms with E-state index in [1.54, 1.807) is 0 Å². The summed E-state index contributed by atoms with van der Waals surface area (Å²) >= 11 is 0. The van der Waals surface area contributed by atoms with Crippen molar-refractivity contribution in [3.05, 3.63) is 0 Å². The second-order valence-corrected chi connectivity index (χ2v) is 7.51. The Morgan fingerprint density at radius 2 is 1.84 bits per heavy atom. The molecule has 2 atom stereocenters. The number of rotatable bonds is 2. The van der Waals surface area contributed by atoms with Crippen LogP contribution in [0.1, 0.15) is 52.9 Å². The molecule has 0 saturated carbocycles. The molecular weight excluding hydrogens is 256 g/mol. The predicted octanol–water partition coefficient (Wildman–Crippen LogP) is 3.56. The highest BCUT2D eigenvalue weighted by Gasteiger charge is 2.27. The van der Waals surface area contributed by atoms with Crippen LogP contribution in [-0.2, 0) is 0 Å². The second kappa shape index (κ2) is 7.85. The van der Waals surface area contributed by atoms with Crippen LogP contribution in [0.4, 0.5) is 0 Å². The molecule has 2 aliphatic heterocycles. The van der Waals surface area contributed by atoms with Crippen molar-refractivity contribution in [2.45, 2.75) is 52.9 Å². The standard InChI is InChI=1S/C16H32N2.ClH/c1-16(2,3)15-7-5-10-18(11-8-15)13-14-6-4-9-17-12-14;/h14-15,17H,4-13H2,1-3H3;1H. The zero-order chi connectivity index (χ0) is 13.0. The molecule has 0 aromatic carbocycles. The monoisotopic (exact) mass is 288 g/mol. The van der Waals surface area contributed by atoms with E-state index in [0.717, 1.165) is 11.8 Å². The van der Waals surface area contributed by atoms with Gasteiger partial charge in [0.05, 0.1) is 0 Å². The molecule has 0 amide bonds. The van der Waals surface area contributed by atoms with E-state index < -0.39 is 0 Å². The summed E-state index contributed by atoms with van der Waals surface area (Å²) in [6.07, 6.45) is 7.06. The number of halogens is 1. The van der Waals surface area contributed by atoms with Gasteiger partial charge in [0.2, 0.25) is 0 Å². The maximum Gasteiger partial charge on any atom is 0.00218 e. The van der Waals surface area contributed by atoms with Crippen LogP contribution < -0.4 is 5.32 Å². The average molecular weight is 289 g/mol. The normalized spacial score (nSPS) is 30.5. The number of nitrogens with one attached hydrogen (secondary N) is 1. The molecule has 0 bridgehead atoms. The lowest BCUT2D eigenvalue weighted by Crippen LogP contribution is -2.38. The van der Waals surface area contributed by atoms with Gasteiger partial charge >= 0.3 is 0 Å². The summed E-state index contributed by atoms with van der Waals surface area (Å²) in [5, 5.41) is 3.55. The van der Waals surface area contributed by atoms with Crippen LogP contribution in [-0.4, -0.2) is 37.6 Å². The minimum Gasteiger partial charge on any atom is -0.316 e. The number of hydrogen-bond acceptors (Lipinski definition) is 2. The number of likely N-dealkylation sites (tertiary alicyclic amines) is 1. The van der Waals surface area contributed by atoms with E-state index in [4.69, 9.17) is 0 Å². The van der Waals surface area contributed by atoms with Gasteiger partial charge in [0.15, 0.2) is 0 Å². The van der Waals surface area contributed by atoms with Crippen LogP contribution in [0, 0.1) is 17.3 Å². The van der Waals surface area contributed by atoms with Crippen molar-refractivity contribution in [3.63, 3.8) is 0 Å². The van der Waals surface area contributed by atoms with E-state index in [-0.39, 0.29) is 12.4 Å². The number of hydrogen-bond donors (Lipinski definition) is 1. The quantitative estimate of drug-likeness (QED) is 0.836. The van der Waals surface area contributed by atoms with Crippen molar-refractivity contribution in [1.82, 2.24) is 10.2 Å². The van der Waals surface area contributed by atoms with Gasteiger partial charge in [0.1, 0.15) is 0 Å². The lowest BCUT2D eigenvalue weighted by Gasteiger charge is -2.31. The van der Waals surface area contributed by atoms with Crippen molar-refractivity contribution in [3.8, 4) is 0 Å². The van der Waals surface area contributed by atoms with E-state index in [2.05, 4.69) is 31.0 Å². The molecule has 0 aromatic rings. The van der Waals surface area contributed by atoms with Crippen molar-refractivity contribution < 1.29 is 0 Å². The number of nitrogens with zero attached hydrogens (tertiary/aromatic N) is 1. The number of piperidine rings is 1. The molecule has 2 saturated heterocycles. The lowest BCUT2D eigenvalue weighted by atomic mass is 9.77. The molecule has 2 aliphatic rings. The molecular formula is C16H33ClN2. The van der Waals surface area contributed by atoms with Crippen molar-refractivity contribution in [2.24, 2.45) is 17.3 Å². The first kappa shape index (κ1) is 17.3. The van der Waals surface area contributed by atoms with Gasteiger partial charge in [-0.2, -0.15) is 0 Å². The van der Waals surface area contributed by atoms with Gasteiger partial charge in [0, 0.05) is 6.54 Å². The molecule has 2 rings (SSSR count). The van der Waals surface area contributed by atoms with Gasteiger partial charge in [-0.3, -0.25) is 0 Å². The Balaban J connectivity index is 0.00000180. The van der Waals surface area contributed by atoms with Gasteiger partial charge < -0.3 is 10.2 Å². The third kappa shape index (κ3) is 5.61. The first-order valence-electron chi connectivity index (χ1n) is 7.99. The van der Waals surface area contributed by atoms with E-state index in [1.165, 1.54) is 64.8 Å². The molecule has 2 unspecified atom stereocenters. The fraction of sp³-hybridized carbons (Fsp3) is 1.00. The summed E-state index contributed by atoms with van der Waals surface area (Å²) in [5.74, 6) is 1.83. The zero-order valence-electron chi connectivity index (χ0n) is 13.1. The highest BCUT2D eigenvalue weighted by atomic mass is 35.5. The average Bonchev–Trinajstić information content (AvgIpc) is 2.55.